The van der Waals surface area contributed by atoms with E-state index in [1.165, 1.54) is 0 Å². The Morgan fingerprint density at radius 3 is 2.88 bits per heavy atom. The van der Waals surface area contributed by atoms with E-state index in [0.29, 0.717) is 13.2 Å². The molecule has 1 rings (SSSR count). The van der Waals surface area contributed by atoms with Crippen LogP contribution >= 0.6 is 0 Å². The molecule has 0 radical (unpaired) electrons. The van der Waals surface area contributed by atoms with Crippen molar-refractivity contribution in [2.75, 3.05) is 20.2 Å². The van der Waals surface area contributed by atoms with Gasteiger partial charge in [0.15, 0.2) is 0 Å². The highest BCUT2D eigenvalue weighted by Crippen LogP contribution is 2.18. The summed E-state index contributed by atoms with van der Waals surface area (Å²) in [6.07, 6.45) is 0. The third kappa shape index (κ3) is 4.44. The van der Waals surface area contributed by atoms with Gasteiger partial charge in [0.05, 0.1) is 19.2 Å². The van der Waals surface area contributed by atoms with E-state index >= 15 is 0 Å². The Hall–Kier alpha value is -1.55. The summed E-state index contributed by atoms with van der Waals surface area (Å²) < 4.78 is 5.42. The van der Waals surface area contributed by atoms with Crippen molar-refractivity contribution in [2.24, 2.45) is 0 Å². The molecular weight excluding hydrogens is 216 g/mol. The molecule has 1 aromatic rings. The van der Waals surface area contributed by atoms with Crippen molar-refractivity contribution in [1.82, 2.24) is 10.6 Å². The average molecular weight is 236 g/mol. The van der Waals surface area contributed by atoms with E-state index in [0.717, 1.165) is 11.3 Å². The molecule has 1 amide bonds. The van der Waals surface area contributed by atoms with Gasteiger partial charge >= 0.3 is 0 Å². The maximum Gasteiger partial charge on any atom is 0.234 e. The molecule has 4 heteroatoms. The Morgan fingerprint density at radius 2 is 2.24 bits per heavy atom. The number of carbonyl (C=O) groups excluding carboxylic acids is 1. The lowest BCUT2D eigenvalue weighted by Gasteiger charge is -2.15. The van der Waals surface area contributed by atoms with Crippen molar-refractivity contribution in [3.05, 3.63) is 29.8 Å². The monoisotopic (exact) mass is 236 g/mol. The Morgan fingerprint density at radius 1 is 1.47 bits per heavy atom. The second-order valence-corrected chi connectivity index (χ2v) is 3.83. The fourth-order valence-electron chi connectivity index (χ4n) is 1.58. The minimum Gasteiger partial charge on any atom is -0.494 e. The number of hydrogen-bond donors (Lipinski definition) is 2. The third-order valence-electron chi connectivity index (χ3n) is 2.38. The van der Waals surface area contributed by atoms with Gasteiger partial charge in [-0.1, -0.05) is 12.1 Å². The van der Waals surface area contributed by atoms with Crippen LogP contribution in [0, 0.1) is 0 Å². The van der Waals surface area contributed by atoms with E-state index in [1.807, 2.05) is 38.1 Å². The molecule has 1 aromatic carbocycles. The average Bonchev–Trinajstić information content (AvgIpc) is 2.30. The largest absolute Gasteiger partial charge is 0.494 e. The number of benzene rings is 1. The summed E-state index contributed by atoms with van der Waals surface area (Å²) in [7, 11) is 1.75. The molecule has 17 heavy (non-hydrogen) atoms. The number of amides is 1. The molecule has 0 bridgehead atoms. The minimum atomic E-state index is -0.0174. The van der Waals surface area contributed by atoms with Crippen LogP contribution in [0.1, 0.15) is 25.5 Å². The normalized spacial score (nSPS) is 11.9. The van der Waals surface area contributed by atoms with Gasteiger partial charge in [0.25, 0.3) is 0 Å². The fraction of sp³-hybridized carbons (Fsp3) is 0.462. The van der Waals surface area contributed by atoms with E-state index in [2.05, 4.69) is 10.6 Å². The molecule has 0 aliphatic heterocycles. The summed E-state index contributed by atoms with van der Waals surface area (Å²) in [5.41, 5.74) is 1.04. The van der Waals surface area contributed by atoms with Gasteiger partial charge in [0.2, 0.25) is 5.91 Å². The highest BCUT2D eigenvalue weighted by Gasteiger charge is 2.09. The zero-order valence-corrected chi connectivity index (χ0v) is 10.6. The van der Waals surface area contributed by atoms with Gasteiger partial charge < -0.3 is 15.4 Å². The third-order valence-corrected chi connectivity index (χ3v) is 2.38. The van der Waals surface area contributed by atoms with Crippen LogP contribution in [-0.2, 0) is 4.79 Å². The standard InChI is InChI=1S/C13H20N2O2/c1-4-17-12-7-5-6-11(8-12)10(2)15-13(16)9-14-3/h5-8,10,14H,4,9H2,1-3H3,(H,15,16). The quantitative estimate of drug-likeness (QED) is 0.786. The summed E-state index contributed by atoms with van der Waals surface area (Å²) in [5.74, 6) is 0.821. The van der Waals surface area contributed by atoms with Gasteiger partial charge in [-0.15, -0.1) is 0 Å². The lowest BCUT2D eigenvalue weighted by Crippen LogP contribution is -2.33. The topological polar surface area (TPSA) is 50.4 Å². The molecule has 2 N–H and O–H groups in total. The number of likely N-dealkylation sites (N-methyl/N-ethyl adjacent to an activating group) is 1. The van der Waals surface area contributed by atoms with Gasteiger partial charge in [-0.2, -0.15) is 0 Å². The number of nitrogens with one attached hydrogen (secondary N) is 2. The highest BCUT2D eigenvalue weighted by atomic mass is 16.5. The number of carbonyl (C=O) groups is 1. The van der Waals surface area contributed by atoms with Gasteiger partial charge in [-0.05, 0) is 38.6 Å². The van der Waals surface area contributed by atoms with Crippen molar-refractivity contribution in [2.45, 2.75) is 19.9 Å². The second kappa shape index (κ2) is 6.91. The molecule has 0 aromatic heterocycles. The Kier molecular flexibility index (Phi) is 5.49. The molecule has 1 unspecified atom stereocenters. The molecule has 0 aliphatic carbocycles. The molecule has 1 atom stereocenters. The van der Waals surface area contributed by atoms with Crippen LogP contribution in [0.4, 0.5) is 0 Å². The lowest BCUT2D eigenvalue weighted by molar-refractivity contribution is -0.120. The molecule has 0 spiro atoms. The molecule has 0 aliphatic rings. The summed E-state index contributed by atoms with van der Waals surface area (Å²) in [6, 6.07) is 7.76. The first-order valence-electron chi connectivity index (χ1n) is 5.84. The maximum absolute atomic E-state index is 11.4. The van der Waals surface area contributed by atoms with Gasteiger partial charge in [0, 0.05) is 0 Å². The molecule has 4 nitrogen and oxygen atoms in total. The van der Waals surface area contributed by atoms with Crippen LogP contribution in [0.5, 0.6) is 5.75 Å². The summed E-state index contributed by atoms with van der Waals surface area (Å²) in [5, 5.41) is 5.73. The lowest BCUT2D eigenvalue weighted by atomic mass is 10.1. The second-order valence-electron chi connectivity index (χ2n) is 3.83. The first-order chi connectivity index (χ1) is 8.17. The smallest absolute Gasteiger partial charge is 0.234 e. The Balaban J connectivity index is 2.64. The van der Waals surface area contributed by atoms with Crippen LogP contribution in [0.15, 0.2) is 24.3 Å². The van der Waals surface area contributed by atoms with Gasteiger partial charge in [0.1, 0.15) is 5.75 Å². The van der Waals surface area contributed by atoms with E-state index in [9.17, 15) is 4.79 Å². The SMILES string of the molecule is CCOc1cccc(C(C)NC(=O)CNC)c1. The van der Waals surface area contributed by atoms with Crippen molar-refractivity contribution in [3.8, 4) is 5.75 Å². The summed E-state index contributed by atoms with van der Waals surface area (Å²) >= 11 is 0. The first-order valence-corrected chi connectivity index (χ1v) is 5.84. The summed E-state index contributed by atoms with van der Waals surface area (Å²) in [6.45, 7) is 4.88. The van der Waals surface area contributed by atoms with Crippen LogP contribution < -0.4 is 15.4 Å². The molecular formula is C13H20N2O2. The van der Waals surface area contributed by atoms with Crippen LogP contribution in [0.3, 0.4) is 0 Å². The maximum atomic E-state index is 11.4. The number of ether oxygens (including phenoxy) is 1. The van der Waals surface area contributed by atoms with Crippen molar-refractivity contribution in [3.63, 3.8) is 0 Å². The van der Waals surface area contributed by atoms with Crippen LogP contribution in [0.25, 0.3) is 0 Å². The summed E-state index contributed by atoms with van der Waals surface area (Å²) in [4.78, 5) is 11.4. The molecule has 0 fully saturated rings. The van der Waals surface area contributed by atoms with E-state index in [4.69, 9.17) is 4.74 Å². The Labute approximate surface area is 102 Å². The van der Waals surface area contributed by atoms with Crippen LogP contribution in [-0.4, -0.2) is 26.1 Å². The molecule has 0 saturated heterocycles. The van der Waals surface area contributed by atoms with Crippen molar-refractivity contribution >= 4 is 5.91 Å². The molecule has 0 heterocycles. The Bertz CT molecular complexity index is 366. The van der Waals surface area contributed by atoms with Crippen LogP contribution in [0.2, 0.25) is 0 Å². The highest BCUT2D eigenvalue weighted by molar-refractivity contribution is 5.78. The molecule has 0 saturated carbocycles. The van der Waals surface area contributed by atoms with E-state index in [1.54, 1.807) is 7.05 Å². The van der Waals surface area contributed by atoms with Gasteiger partial charge in [-0.3, -0.25) is 4.79 Å². The predicted octanol–water partition coefficient (Wildman–Crippen LogP) is 1.48. The zero-order chi connectivity index (χ0) is 12.7. The van der Waals surface area contributed by atoms with Gasteiger partial charge in [-0.25, -0.2) is 0 Å². The minimum absolute atomic E-state index is 0.0122. The predicted molar refractivity (Wildman–Crippen MR) is 68.1 cm³/mol. The van der Waals surface area contributed by atoms with Crippen molar-refractivity contribution in [1.29, 1.82) is 0 Å². The number of hydrogen-bond acceptors (Lipinski definition) is 3. The van der Waals surface area contributed by atoms with Crippen molar-refractivity contribution < 1.29 is 9.53 Å². The fourth-order valence-corrected chi connectivity index (χ4v) is 1.58. The first kappa shape index (κ1) is 13.5. The van der Waals surface area contributed by atoms with E-state index < -0.39 is 0 Å². The van der Waals surface area contributed by atoms with E-state index in [-0.39, 0.29) is 11.9 Å². The molecule has 94 valence electrons. The number of rotatable bonds is 6. The zero-order valence-electron chi connectivity index (χ0n) is 10.6.